The van der Waals surface area contributed by atoms with E-state index in [4.69, 9.17) is 5.73 Å². The number of aryl methyl sites for hydroxylation is 2. The molecule has 2 N–H and O–H groups in total. The molecule has 0 aliphatic rings. The van der Waals surface area contributed by atoms with Crippen LogP contribution in [0.25, 0.3) is 0 Å². The van der Waals surface area contributed by atoms with Crippen molar-refractivity contribution in [2.75, 3.05) is 5.73 Å². The Bertz CT molecular complexity index is 271. The molecule has 0 saturated carbocycles. The van der Waals surface area contributed by atoms with E-state index in [0.29, 0.717) is 5.82 Å². The quantitative estimate of drug-likeness (QED) is 0.768. The van der Waals surface area contributed by atoms with Crippen molar-refractivity contribution >= 4 is 5.82 Å². The molecule has 0 bridgehead atoms. The third-order valence-corrected chi connectivity index (χ3v) is 1.92. The lowest BCUT2D eigenvalue weighted by molar-refractivity contribution is 0.835. The highest BCUT2D eigenvalue weighted by molar-refractivity contribution is 5.34. The minimum absolute atomic E-state index is 0.604. The Labute approximate surface area is 79.4 Å². The summed E-state index contributed by atoms with van der Waals surface area (Å²) in [6.45, 7) is 4.24. The number of hydrogen-bond donors (Lipinski definition) is 1. The first kappa shape index (κ1) is 9.96. The minimum atomic E-state index is 0.604. The number of rotatable bonds is 4. The second-order valence-corrected chi connectivity index (χ2v) is 3.19. The topological polar surface area (TPSA) is 51.8 Å². The van der Waals surface area contributed by atoms with Gasteiger partial charge in [-0.15, -0.1) is 0 Å². The van der Waals surface area contributed by atoms with Crippen molar-refractivity contribution in [2.45, 2.75) is 39.5 Å². The number of nitrogens with two attached hydrogens (primary N) is 1. The molecule has 0 fully saturated rings. The molecular formula is C10H17N3. The van der Waals surface area contributed by atoms with Gasteiger partial charge in [-0.1, -0.05) is 26.7 Å². The number of nitrogens with zero attached hydrogens (tertiary/aromatic N) is 2. The van der Waals surface area contributed by atoms with Crippen LogP contribution in [0.5, 0.6) is 0 Å². The van der Waals surface area contributed by atoms with Crippen molar-refractivity contribution in [2.24, 2.45) is 0 Å². The molecule has 0 aromatic carbocycles. The van der Waals surface area contributed by atoms with Crippen LogP contribution < -0.4 is 5.73 Å². The van der Waals surface area contributed by atoms with Crippen LogP contribution in [0, 0.1) is 0 Å². The highest BCUT2D eigenvalue weighted by Gasteiger charge is 2.02. The minimum Gasteiger partial charge on any atom is -0.382 e. The maximum Gasteiger partial charge on any atom is 0.145 e. The van der Waals surface area contributed by atoms with Crippen LogP contribution in [0.3, 0.4) is 0 Å². The van der Waals surface area contributed by atoms with Crippen LogP contribution in [0.1, 0.15) is 38.1 Å². The van der Waals surface area contributed by atoms with Gasteiger partial charge in [-0.2, -0.15) is 0 Å². The summed E-state index contributed by atoms with van der Waals surface area (Å²) >= 11 is 0. The Kier molecular flexibility index (Phi) is 3.68. The molecule has 13 heavy (non-hydrogen) atoms. The molecule has 3 nitrogen and oxygen atoms in total. The largest absolute Gasteiger partial charge is 0.382 e. The maximum atomic E-state index is 5.76. The number of hydrogen-bond acceptors (Lipinski definition) is 3. The fourth-order valence-electron chi connectivity index (χ4n) is 1.27. The van der Waals surface area contributed by atoms with E-state index < -0.39 is 0 Å². The van der Waals surface area contributed by atoms with Crippen molar-refractivity contribution in [1.29, 1.82) is 0 Å². The lowest BCUT2D eigenvalue weighted by Gasteiger charge is -2.04. The fourth-order valence-corrected chi connectivity index (χ4v) is 1.27. The maximum absolute atomic E-state index is 5.76. The second-order valence-electron chi connectivity index (χ2n) is 3.19. The molecule has 1 rings (SSSR count). The van der Waals surface area contributed by atoms with E-state index in [1.807, 2.05) is 6.20 Å². The highest BCUT2D eigenvalue weighted by Crippen LogP contribution is 2.09. The standard InChI is InChI=1S/C10H17N3/c1-3-5-8-7-12-9(6-4-2)10(11)13-8/h7H,3-6H2,1-2H3,(H2,11,13). The van der Waals surface area contributed by atoms with Crippen LogP contribution in [0.15, 0.2) is 6.20 Å². The van der Waals surface area contributed by atoms with Gasteiger partial charge in [-0.25, -0.2) is 4.98 Å². The van der Waals surface area contributed by atoms with E-state index in [9.17, 15) is 0 Å². The summed E-state index contributed by atoms with van der Waals surface area (Å²) in [7, 11) is 0. The van der Waals surface area contributed by atoms with E-state index in [0.717, 1.165) is 37.1 Å². The zero-order valence-corrected chi connectivity index (χ0v) is 8.38. The third-order valence-electron chi connectivity index (χ3n) is 1.92. The molecule has 3 heteroatoms. The Morgan fingerprint density at radius 2 is 1.92 bits per heavy atom. The van der Waals surface area contributed by atoms with Crippen molar-refractivity contribution in [3.05, 3.63) is 17.6 Å². The van der Waals surface area contributed by atoms with Gasteiger partial charge in [0.15, 0.2) is 0 Å². The average molecular weight is 179 g/mol. The summed E-state index contributed by atoms with van der Waals surface area (Å²) in [6.07, 6.45) is 5.87. The van der Waals surface area contributed by atoms with Crippen molar-refractivity contribution in [3.8, 4) is 0 Å². The van der Waals surface area contributed by atoms with Crippen molar-refractivity contribution < 1.29 is 0 Å². The van der Waals surface area contributed by atoms with E-state index in [1.165, 1.54) is 0 Å². The van der Waals surface area contributed by atoms with Gasteiger partial charge in [0.2, 0.25) is 0 Å². The van der Waals surface area contributed by atoms with E-state index >= 15 is 0 Å². The summed E-state index contributed by atoms with van der Waals surface area (Å²) in [5.74, 6) is 0.604. The second kappa shape index (κ2) is 4.80. The van der Waals surface area contributed by atoms with Gasteiger partial charge in [0.05, 0.1) is 11.4 Å². The summed E-state index contributed by atoms with van der Waals surface area (Å²) in [5, 5.41) is 0. The Morgan fingerprint density at radius 3 is 2.46 bits per heavy atom. The van der Waals surface area contributed by atoms with E-state index in [1.54, 1.807) is 0 Å². The Balaban J connectivity index is 2.79. The zero-order chi connectivity index (χ0) is 9.68. The summed E-state index contributed by atoms with van der Waals surface area (Å²) in [6, 6.07) is 0. The predicted octanol–water partition coefficient (Wildman–Crippen LogP) is 1.96. The molecule has 0 saturated heterocycles. The normalized spacial score (nSPS) is 10.3. The molecule has 1 aromatic rings. The average Bonchev–Trinajstić information content (AvgIpc) is 2.10. The lowest BCUT2D eigenvalue weighted by Crippen LogP contribution is -2.03. The van der Waals surface area contributed by atoms with Gasteiger partial charge in [0, 0.05) is 6.20 Å². The molecule has 0 aliphatic carbocycles. The first-order valence-corrected chi connectivity index (χ1v) is 4.88. The van der Waals surface area contributed by atoms with Gasteiger partial charge < -0.3 is 5.73 Å². The van der Waals surface area contributed by atoms with Gasteiger partial charge in [0.1, 0.15) is 5.82 Å². The van der Waals surface area contributed by atoms with Crippen LogP contribution in [0.4, 0.5) is 5.82 Å². The molecule has 0 atom stereocenters. The van der Waals surface area contributed by atoms with Gasteiger partial charge in [0.25, 0.3) is 0 Å². The van der Waals surface area contributed by atoms with E-state index in [-0.39, 0.29) is 0 Å². The highest BCUT2D eigenvalue weighted by atomic mass is 14.9. The molecule has 1 heterocycles. The SMILES string of the molecule is CCCc1cnc(CCC)c(N)n1. The lowest BCUT2D eigenvalue weighted by atomic mass is 10.2. The number of aromatic nitrogens is 2. The summed E-state index contributed by atoms with van der Waals surface area (Å²) < 4.78 is 0. The van der Waals surface area contributed by atoms with Crippen LogP contribution in [0.2, 0.25) is 0 Å². The molecule has 0 spiro atoms. The van der Waals surface area contributed by atoms with Gasteiger partial charge in [-0.05, 0) is 12.8 Å². The first-order chi connectivity index (χ1) is 6.27. The third kappa shape index (κ3) is 2.68. The summed E-state index contributed by atoms with van der Waals surface area (Å²) in [4.78, 5) is 8.60. The van der Waals surface area contributed by atoms with Crippen LogP contribution in [-0.4, -0.2) is 9.97 Å². The zero-order valence-electron chi connectivity index (χ0n) is 8.38. The van der Waals surface area contributed by atoms with E-state index in [2.05, 4.69) is 23.8 Å². The van der Waals surface area contributed by atoms with Crippen molar-refractivity contribution in [1.82, 2.24) is 9.97 Å². The Morgan fingerprint density at radius 1 is 1.23 bits per heavy atom. The number of nitrogen functional groups attached to an aromatic ring is 1. The van der Waals surface area contributed by atoms with Crippen molar-refractivity contribution in [3.63, 3.8) is 0 Å². The monoisotopic (exact) mass is 179 g/mol. The molecule has 0 radical (unpaired) electrons. The van der Waals surface area contributed by atoms with Crippen LogP contribution in [-0.2, 0) is 12.8 Å². The number of anilines is 1. The molecule has 0 unspecified atom stereocenters. The van der Waals surface area contributed by atoms with Gasteiger partial charge >= 0.3 is 0 Å². The summed E-state index contributed by atoms with van der Waals surface area (Å²) in [5.41, 5.74) is 7.70. The molecule has 1 aromatic heterocycles. The molecular weight excluding hydrogens is 162 g/mol. The Hall–Kier alpha value is -1.12. The molecule has 0 amide bonds. The first-order valence-electron chi connectivity index (χ1n) is 4.88. The van der Waals surface area contributed by atoms with Gasteiger partial charge in [-0.3, -0.25) is 4.98 Å². The molecule has 0 aliphatic heterocycles. The predicted molar refractivity (Wildman–Crippen MR) is 54.4 cm³/mol. The molecule has 72 valence electrons. The smallest absolute Gasteiger partial charge is 0.145 e. The van der Waals surface area contributed by atoms with Crippen LogP contribution >= 0.6 is 0 Å². The fraction of sp³-hybridized carbons (Fsp3) is 0.600.